The van der Waals surface area contributed by atoms with Crippen LogP contribution in [0.15, 0.2) is 34.9 Å². The molecule has 1 aliphatic heterocycles. The number of nitrogens with one attached hydrogen (secondary N) is 1. The molecular weight excluding hydrogens is 222 g/mol. The monoisotopic (exact) mass is 231 g/mol. The van der Waals surface area contributed by atoms with Crippen LogP contribution < -0.4 is 5.43 Å². The molecule has 1 aromatic rings. The summed E-state index contributed by atoms with van der Waals surface area (Å²) in [6.45, 7) is 1.72. The predicted octanol–water partition coefficient (Wildman–Crippen LogP) is 1.48. The van der Waals surface area contributed by atoms with Crippen molar-refractivity contribution in [2.75, 3.05) is 0 Å². The van der Waals surface area contributed by atoms with E-state index in [-0.39, 0.29) is 11.6 Å². The summed E-state index contributed by atoms with van der Waals surface area (Å²) in [6, 6.07) is 5.96. The Kier molecular flexibility index (Phi) is 2.70. The van der Waals surface area contributed by atoms with E-state index in [1.165, 1.54) is 12.1 Å². The van der Waals surface area contributed by atoms with Crippen LogP contribution in [0.4, 0.5) is 5.69 Å². The number of carbonyl (C=O) groups excluding carboxylic acids is 1. The fourth-order valence-corrected chi connectivity index (χ4v) is 1.45. The molecule has 0 atom stereocenters. The largest absolute Gasteiger partial charge is 0.273 e. The maximum absolute atomic E-state index is 11.4. The van der Waals surface area contributed by atoms with E-state index in [4.69, 9.17) is 0 Å². The van der Waals surface area contributed by atoms with Crippen LogP contribution in [0.5, 0.6) is 0 Å². The highest BCUT2D eigenvalue weighted by Gasteiger charge is 2.18. The molecule has 0 aliphatic carbocycles. The lowest BCUT2D eigenvalue weighted by atomic mass is 10.1. The van der Waals surface area contributed by atoms with Gasteiger partial charge in [-0.25, -0.2) is 5.43 Å². The van der Waals surface area contributed by atoms with Gasteiger partial charge in [-0.15, -0.1) is 0 Å². The standard InChI is InChI=1S/C11H9N3O3/c1-7-10(11(15)13-12-7)6-8-2-4-9(5-3-8)14(16)17/h2-6H,1H3,(H,13,15)/b10-6+. The Labute approximate surface area is 96.8 Å². The quantitative estimate of drug-likeness (QED) is 0.475. The number of carbonyl (C=O) groups is 1. The summed E-state index contributed by atoms with van der Waals surface area (Å²) in [5.74, 6) is -0.263. The molecule has 0 fully saturated rings. The molecule has 1 N–H and O–H groups in total. The second-order valence-corrected chi connectivity index (χ2v) is 3.54. The van der Waals surface area contributed by atoms with Crippen molar-refractivity contribution in [2.45, 2.75) is 6.92 Å². The van der Waals surface area contributed by atoms with Gasteiger partial charge in [0.15, 0.2) is 0 Å². The second-order valence-electron chi connectivity index (χ2n) is 3.54. The number of hydrogen-bond donors (Lipinski definition) is 1. The normalized spacial score (nSPS) is 16.9. The minimum atomic E-state index is -0.466. The molecule has 0 bridgehead atoms. The number of nitro benzene ring substituents is 1. The average Bonchev–Trinajstić information content (AvgIpc) is 2.61. The summed E-state index contributed by atoms with van der Waals surface area (Å²) in [7, 11) is 0. The third kappa shape index (κ3) is 2.20. The maximum atomic E-state index is 11.4. The van der Waals surface area contributed by atoms with Crippen LogP contribution in [0.2, 0.25) is 0 Å². The Bertz CT molecular complexity index is 544. The van der Waals surface area contributed by atoms with E-state index >= 15 is 0 Å². The van der Waals surface area contributed by atoms with Crippen LogP contribution in [-0.4, -0.2) is 16.5 Å². The molecule has 0 saturated heterocycles. The van der Waals surface area contributed by atoms with E-state index in [0.29, 0.717) is 11.3 Å². The van der Waals surface area contributed by atoms with Gasteiger partial charge in [0, 0.05) is 12.1 Å². The van der Waals surface area contributed by atoms with Gasteiger partial charge in [0.25, 0.3) is 11.6 Å². The SMILES string of the molecule is CC1=NNC(=O)/C1=C/c1ccc([N+](=O)[O-])cc1. The molecule has 1 aromatic carbocycles. The van der Waals surface area contributed by atoms with Crippen LogP contribution in [0, 0.1) is 10.1 Å². The first-order valence-electron chi connectivity index (χ1n) is 4.89. The van der Waals surface area contributed by atoms with Gasteiger partial charge >= 0.3 is 0 Å². The Morgan fingerprint density at radius 1 is 1.35 bits per heavy atom. The Morgan fingerprint density at radius 3 is 2.47 bits per heavy atom. The van der Waals surface area contributed by atoms with E-state index in [1.807, 2.05) is 0 Å². The Balaban J connectivity index is 2.30. The van der Waals surface area contributed by atoms with E-state index in [1.54, 1.807) is 25.1 Å². The number of hydrazone groups is 1. The van der Waals surface area contributed by atoms with Crippen LogP contribution in [-0.2, 0) is 4.79 Å². The highest BCUT2D eigenvalue weighted by molar-refractivity contribution is 6.26. The third-order valence-corrected chi connectivity index (χ3v) is 2.37. The van der Waals surface area contributed by atoms with Crippen molar-refractivity contribution in [3.8, 4) is 0 Å². The molecule has 0 radical (unpaired) electrons. The summed E-state index contributed by atoms with van der Waals surface area (Å²) < 4.78 is 0. The van der Waals surface area contributed by atoms with Crippen molar-refractivity contribution in [1.29, 1.82) is 0 Å². The molecule has 1 aliphatic rings. The lowest BCUT2D eigenvalue weighted by Crippen LogP contribution is -2.12. The first-order valence-corrected chi connectivity index (χ1v) is 4.89. The predicted molar refractivity (Wildman–Crippen MR) is 62.3 cm³/mol. The topological polar surface area (TPSA) is 84.6 Å². The molecule has 2 rings (SSSR count). The first kappa shape index (κ1) is 11.0. The number of amides is 1. The van der Waals surface area contributed by atoms with Crippen molar-refractivity contribution in [1.82, 2.24) is 5.43 Å². The molecule has 86 valence electrons. The smallest absolute Gasteiger partial charge is 0.267 e. The van der Waals surface area contributed by atoms with Crippen LogP contribution in [0.25, 0.3) is 6.08 Å². The van der Waals surface area contributed by atoms with Gasteiger partial charge in [-0.3, -0.25) is 14.9 Å². The number of benzene rings is 1. The molecule has 1 heterocycles. The van der Waals surface area contributed by atoms with E-state index in [9.17, 15) is 14.9 Å². The van der Waals surface area contributed by atoms with Crippen molar-refractivity contribution in [3.63, 3.8) is 0 Å². The third-order valence-electron chi connectivity index (χ3n) is 2.37. The number of non-ortho nitro benzene ring substituents is 1. The molecule has 0 aromatic heterocycles. The number of hydrogen-bond acceptors (Lipinski definition) is 4. The minimum Gasteiger partial charge on any atom is -0.267 e. The van der Waals surface area contributed by atoms with Gasteiger partial charge in [0.05, 0.1) is 16.2 Å². The van der Waals surface area contributed by atoms with Gasteiger partial charge < -0.3 is 0 Å². The van der Waals surface area contributed by atoms with Gasteiger partial charge in [0.2, 0.25) is 0 Å². The molecule has 1 amide bonds. The number of rotatable bonds is 2. The summed E-state index contributed by atoms with van der Waals surface area (Å²) >= 11 is 0. The fraction of sp³-hybridized carbons (Fsp3) is 0.0909. The lowest BCUT2D eigenvalue weighted by molar-refractivity contribution is -0.384. The second kappa shape index (κ2) is 4.17. The van der Waals surface area contributed by atoms with Gasteiger partial charge in [-0.2, -0.15) is 5.10 Å². The summed E-state index contributed by atoms with van der Waals surface area (Å²) in [6.07, 6.45) is 1.64. The Morgan fingerprint density at radius 2 is 2.00 bits per heavy atom. The summed E-state index contributed by atoms with van der Waals surface area (Å²) in [5.41, 5.74) is 4.16. The zero-order valence-electron chi connectivity index (χ0n) is 9.01. The number of nitro groups is 1. The van der Waals surface area contributed by atoms with Crippen LogP contribution in [0.1, 0.15) is 12.5 Å². The zero-order chi connectivity index (χ0) is 12.4. The fourth-order valence-electron chi connectivity index (χ4n) is 1.45. The van der Waals surface area contributed by atoms with Crippen molar-refractivity contribution in [3.05, 3.63) is 45.5 Å². The van der Waals surface area contributed by atoms with E-state index in [2.05, 4.69) is 10.5 Å². The lowest BCUT2D eigenvalue weighted by Gasteiger charge is -1.96. The van der Waals surface area contributed by atoms with E-state index in [0.717, 1.165) is 5.56 Å². The first-order chi connectivity index (χ1) is 8.08. The highest BCUT2D eigenvalue weighted by atomic mass is 16.6. The van der Waals surface area contributed by atoms with Crippen molar-refractivity contribution >= 4 is 23.4 Å². The molecule has 0 spiro atoms. The van der Waals surface area contributed by atoms with Gasteiger partial charge in [-0.05, 0) is 30.7 Å². The van der Waals surface area contributed by atoms with Crippen molar-refractivity contribution in [2.24, 2.45) is 5.10 Å². The highest BCUT2D eigenvalue weighted by Crippen LogP contribution is 2.16. The van der Waals surface area contributed by atoms with Crippen LogP contribution in [0.3, 0.4) is 0 Å². The molecule has 17 heavy (non-hydrogen) atoms. The molecule has 6 nitrogen and oxygen atoms in total. The molecule has 6 heteroatoms. The molecule has 0 saturated carbocycles. The minimum absolute atomic E-state index is 0.0217. The van der Waals surface area contributed by atoms with Crippen LogP contribution >= 0.6 is 0 Å². The van der Waals surface area contributed by atoms with Crippen molar-refractivity contribution < 1.29 is 9.72 Å². The van der Waals surface area contributed by atoms with E-state index < -0.39 is 4.92 Å². The maximum Gasteiger partial charge on any atom is 0.273 e. The Hall–Kier alpha value is -2.50. The molecule has 0 unspecified atom stereocenters. The summed E-state index contributed by atoms with van der Waals surface area (Å²) in [5, 5.41) is 14.2. The van der Waals surface area contributed by atoms with Gasteiger partial charge in [0.1, 0.15) is 0 Å². The summed E-state index contributed by atoms with van der Waals surface area (Å²) in [4.78, 5) is 21.4. The van der Waals surface area contributed by atoms with Gasteiger partial charge in [-0.1, -0.05) is 0 Å². The number of nitrogens with zero attached hydrogens (tertiary/aromatic N) is 2. The zero-order valence-corrected chi connectivity index (χ0v) is 9.01. The molecular formula is C11H9N3O3. The average molecular weight is 231 g/mol.